The molecular weight excluding hydrogens is 84.1 g/mol. The van der Waals surface area contributed by atoms with Gasteiger partial charge >= 0.3 is 0 Å². The molecule has 0 saturated carbocycles. The lowest BCUT2D eigenvalue weighted by Crippen LogP contribution is -0.569. The van der Waals surface area contributed by atoms with Crippen molar-refractivity contribution < 1.29 is 0 Å². The summed E-state index contributed by atoms with van der Waals surface area (Å²) in [6.07, 6.45) is 0. The van der Waals surface area contributed by atoms with Gasteiger partial charge < -0.3 is 0 Å². The second-order valence-electron chi connectivity index (χ2n) is 0. The topological polar surface area (TPSA) is 47.6 Å². The minimum absolute atomic E-state index is 0. The van der Waals surface area contributed by atoms with E-state index in [1.165, 1.54) is 0 Å². The number of nitriles is 2. The molecule has 0 atom stereocenters. The highest BCUT2D eigenvalue weighted by Gasteiger charge is 0.515. The Morgan fingerprint density at radius 2 is 0.800 bits per heavy atom. The molecular formula is C2H4N2S. The first-order chi connectivity index (χ1) is 2.00. The molecule has 0 aliphatic rings. The highest BCUT2D eigenvalue weighted by Crippen LogP contribution is 0.648. The van der Waals surface area contributed by atoms with Crippen molar-refractivity contribution in [3.63, 3.8) is 0 Å². The smallest absolute Gasteiger partial charge is 0.0462 e. The van der Waals surface area contributed by atoms with Gasteiger partial charge in [-0.3, -0.25) is 0 Å². The molecule has 0 aliphatic carbocycles. The maximum atomic E-state index is 6.50. The van der Waals surface area contributed by atoms with Crippen molar-refractivity contribution in [1.29, 1.82) is 10.5 Å². The van der Waals surface area contributed by atoms with Crippen LogP contribution in [-0.2, 0) is 0 Å². The second-order valence-corrected chi connectivity index (χ2v) is 0. The number of hydrogen-bond acceptors (Lipinski definition) is 2. The van der Waals surface area contributed by atoms with Gasteiger partial charge in [-0.05, 0) is 0 Å². The first kappa shape index (κ1) is 27.1. The van der Waals surface area contributed by atoms with E-state index in [4.69, 9.17) is 10.5 Å². The van der Waals surface area contributed by atoms with Gasteiger partial charge in [0, 0.05) is 13.1 Å². The Hall–Kier alpha value is -0.670. The molecule has 0 aromatic carbocycles. The summed E-state index contributed by atoms with van der Waals surface area (Å²) in [6.45, 7) is 7.00. The van der Waals surface area contributed by atoms with Gasteiger partial charge in [-0.1, -0.05) is 0 Å². The highest BCUT2D eigenvalue weighted by molar-refractivity contribution is 7.59. The minimum Gasteiger partial charge on any atom is -0.202 e. The van der Waals surface area contributed by atoms with Gasteiger partial charge in [0.25, 0.3) is 0 Å². The summed E-state index contributed by atoms with van der Waals surface area (Å²) in [4.78, 5) is 0. The molecule has 5 heavy (non-hydrogen) atoms. The molecule has 0 radical (unpaired) electrons. The molecule has 0 aromatic heterocycles. The predicted molar refractivity (Wildman–Crippen MR) is 23.7 cm³/mol. The molecule has 0 unspecified atom stereocenters. The van der Waals surface area contributed by atoms with Crippen LogP contribution in [0.4, 0.5) is 0 Å². The molecule has 0 aromatic rings. The summed E-state index contributed by atoms with van der Waals surface area (Å²) < 4.78 is 0. The summed E-state index contributed by atoms with van der Waals surface area (Å²) in [6, 6.07) is 0. The Labute approximate surface area is 38.1 Å². The average molecular weight is 88.1 g/mol. The number of hydrogen-bond donors (Lipinski definition) is 0. The third-order valence-electron chi connectivity index (χ3n) is 0. The first-order valence-corrected chi connectivity index (χ1v) is 0.516. The molecule has 0 amide bonds. The predicted octanol–water partition coefficient (Wildman–Crippen LogP) is 0.392. The van der Waals surface area contributed by atoms with Gasteiger partial charge in [0.05, 0.1) is 0 Å². The maximum Gasteiger partial charge on any atom is 0.0462 e. The third kappa shape index (κ3) is 13.1. The lowest BCUT2D eigenvalue weighted by atomic mass is 11.9. The Morgan fingerprint density at radius 3 is 0.800 bits per heavy atom. The van der Waals surface area contributed by atoms with Crippen LogP contribution in [0.15, 0.2) is 0 Å². The van der Waals surface area contributed by atoms with Gasteiger partial charge in [0.2, 0.25) is 0 Å². The van der Waals surface area contributed by atoms with Crippen molar-refractivity contribution >= 4 is 13.5 Å². The van der Waals surface area contributed by atoms with E-state index in [9.17, 15) is 0 Å². The van der Waals surface area contributed by atoms with Gasteiger partial charge in [0.15, 0.2) is 0 Å². The van der Waals surface area contributed by atoms with E-state index in [0.717, 1.165) is 0 Å². The lowest BCUT2D eigenvalue weighted by molar-refractivity contribution is 1.58. The van der Waals surface area contributed by atoms with E-state index in [-0.39, 0.29) is 13.5 Å². The van der Waals surface area contributed by atoms with E-state index in [1.54, 1.807) is 0 Å². The molecule has 0 heterocycles. The van der Waals surface area contributed by atoms with Crippen molar-refractivity contribution in [3.8, 4) is 13.1 Å². The fourth-order valence-corrected chi connectivity index (χ4v) is 0. The van der Waals surface area contributed by atoms with Gasteiger partial charge in [-0.15, -0.1) is 0 Å². The Bertz CT molecular complexity index is 23.1. The van der Waals surface area contributed by atoms with Crippen LogP contribution >= 0.6 is 13.5 Å². The van der Waals surface area contributed by atoms with Gasteiger partial charge in [-0.2, -0.15) is 13.5 Å². The zero-order valence-electron chi connectivity index (χ0n) is 2.55. The van der Waals surface area contributed by atoms with Crippen LogP contribution in [0.1, 0.15) is 0 Å². The SMILES string of the molecule is C#N.C#N.S. The molecule has 2 nitrogen and oxygen atoms in total. The lowest BCUT2D eigenvalue weighted by Gasteiger charge is -0.668. The van der Waals surface area contributed by atoms with Gasteiger partial charge in [0.1, 0.15) is 0 Å². The zero-order valence-corrected chi connectivity index (χ0v) is 3.55. The van der Waals surface area contributed by atoms with Gasteiger partial charge in [-0.25, -0.2) is 10.5 Å². The molecule has 28 valence electrons. The van der Waals surface area contributed by atoms with Crippen LogP contribution in [-0.4, -0.2) is 0 Å². The molecule has 0 N–H and O–H groups in total. The van der Waals surface area contributed by atoms with Crippen LogP contribution in [0.2, 0.25) is 0 Å². The van der Waals surface area contributed by atoms with Crippen LogP contribution in [0.25, 0.3) is 0 Å². The van der Waals surface area contributed by atoms with Crippen LogP contribution in [0.5, 0.6) is 0 Å². The quantitative estimate of drug-likeness (QED) is 0.430. The van der Waals surface area contributed by atoms with E-state index in [2.05, 4.69) is 13.1 Å². The van der Waals surface area contributed by atoms with E-state index >= 15 is 0 Å². The summed E-state index contributed by atoms with van der Waals surface area (Å²) in [7, 11) is 0. The number of rotatable bonds is 0. The monoisotopic (exact) mass is 88.0 g/mol. The van der Waals surface area contributed by atoms with Crippen molar-refractivity contribution in [2.45, 2.75) is 0 Å². The molecule has 0 rings (SSSR count). The van der Waals surface area contributed by atoms with Crippen molar-refractivity contribution in [2.24, 2.45) is 0 Å². The first-order valence-electron chi connectivity index (χ1n) is 0.516. The van der Waals surface area contributed by atoms with Crippen LogP contribution < -0.4 is 0 Å². The standard InChI is InChI=1S/2CHN.H2S/c2*1-2;/h2*1H;1H2. The van der Waals surface area contributed by atoms with Crippen LogP contribution in [0.3, 0.4) is 0 Å². The largest absolute Gasteiger partial charge is 0.202 e. The van der Waals surface area contributed by atoms with Crippen molar-refractivity contribution in [1.82, 2.24) is 0 Å². The maximum absolute atomic E-state index is 6.50. The summed E-state index contributed by atoms with van der Waals surface area (Å²) >= 11 is 0. The summed E-state index contributed by atoms with van der Waals surface area (Å²) in [5.41, 5.74) is 0. The second kappa shape index (κ2) is 40.3. The molecule has 0 bridgehead atoms. The molecule has 0 fully saturated rings. The normalized spacial score (nSPS) is 0.800. The minimum atomic E-state index is 0. The molecule has 0 saturated heterocycles. The fourth-order valence-electron chi connectivity index (χ4n) is 0. The third-order valence-corrected chi connectivity index (χ3v) is 0. The molecule has 0 aliphatic heterocycles. The highest BCUT2D eigenvalue weighted by atomic mass is 32.1. The molecule has 3 heteroatoms. The molecule has 0 spiro atoms. The average Bonchev–Trinajstić information content (AvgIpc) is 1.50. The summed E-state index contributed by atoms with van der Waals surface area (Å²) in [5, 5.41) is 13.0. The van der Waals surface area contributed by atoms with Crippen LogP contribution in [0, 0.1) is 23.7 Å². The van der Waals surface area contributed by atoms with E-state index < -0.39 is 0 Å². The zero-order chi connectivity index (χ0) is 4.00. The fraction of sp³-hybridized carbons (Fsp3) is 0. The number of nitrogens with zero attached hydrogens (tertiary/aromatic N) is 2. The summed E-state index contributed by atoms with van der Waals surface area (Å²) in [5.74, 6) is 0. The Morgan fingerprint density at radius 1 is 0.800 bits per heavy atom. The van der Waals surface area contributed by atoms with Crippen molar-refractivity contribution in [3.05, 3.63) is 0 Å². The Balaban J connectivity index is -0.0000000133. The van der Waals surface area contributed by atoms with E-state index in [0.29, 0.717) is 0 Å². The van der Waals surface area contributed by atoms with E-state index in [1.807, 2.05) is 0 Å². The van der Waals surface area contributed by atoms with Crippen molar-refractivity contribution in [2.75, 3.05) is 0 Å². The Kier molecular flexibility index (Phi) is 219.